The molecule has 5 rings (SSSR count). The van der Waals surface area contributed by atoms with E-state index in [0.29, 0.717) is 16.7 Å². The fraction of sp³-hybridized carbons (Fsp3) is 0.143. The van der Waals surface area contributed by atoms with Crippen LogP contribution in [-0.4, -0.2) is 11.0 Å². The largest absolute Gasteiger partial charge is 0.423 e. The van der Waals surface area contributed by atoms with Crippen molar-refractivity contribution in [3.05, 3.63) is 107 Å². The van der Waals surface area contributed by atoms with Gasteiger partial charge in [-0.2, -0.15) is 0 Å². The van der Waals surface area contributed by atoms with E-state index in [2.05, 4.69) is 35.8 Å². The van der Waals surface area contributed by atoms with Gasteiger partial charge in [-0.1, -0.05) is 67.1 Å². The highest BCUT2D eigenvalue weighted by molar-refractivity contribution is 7.16. The van der Waals surface area contributed by atoms with Crippen molar-refractivity contribution in [3.63, 3.8) is 0 Å². The van der Waals surface area contributed by atoms with Gasteiger partial charge in [-0.3, -0.25) is 0 Å². The molecule has 3 aromatic carbocycles. The molecule has 3 nitrogen and oxygen atoms in total. The van der Waals surface area contributed by atoms with Crippen molar-refractivity contribution in [1.29, 1.82) is 0 Å². The monoisotopic (exact) mass is 471 g/mol. The van der Waals surface area contributed by atoms with Crippen molar-refractivity contribution in [3.8, 4) is 5.75 Å². The maximum Gasteiger partial charge on any atom is 0.335 e. The van der Waals surface area contributed by atoms with Gasteiger partial charge in [0.25, 0.3) is 0 Å². The molecule has 0 amide bonds. The molecule has 164 valence electrons. The Balaban J connectivity index is 1.84. The standard InChI is InChI=1S/C28H22ClNO2S/c1-2-26(31)32-24-13-6-4-11-21(24)28(19-14-15-25-23(16-19)30-17-33-25)27(18-8-7-9-18)20-10-3-5-12-22(20)29/h2-6,10-18H,1,7-9H2/b28-27+. The van der Waals surface area contributed by atoms with Crippen LogP contribution in [0.2, 0.25) is 5.02 Å². The van der Waals surface area contributed by atoms with Crippen molar-refractivity contribution >= 4 is 50.3 Å². The highest BCUT2D eigenvalue weighted by Gasteiger charge is 2.29. The summed E-state index contributed by atoms with van der Waals surface area (Å²) in [6, 6.07) is 22.0. The minimum Gasteiger partial charge on any atom is -0.423 e. The smallest absolute Gasteiger partial charge is 0.335 e. The Kier molecular flexibility index (Phi) is 6.12. The molecule has 1 aromatic heterocycles. The molecule has 1 aliphatic carbocycles. The van der Waals surface area contributed by atoms with E-state index >= 15 is 0 Å². The lowest BCUT2D eigenvalue weighted by Crippen LogP contribution is -2.16. The lowest BCUT2D eigenvalue weighted by atomic mass is 9.73. The number of ether oxygens (including phenoxy) is 1. The predicted molar refractivity (Wildman–Crippen MR) is 137 cm³/mol. The summed E-state index contributed by atoms with van der Waals surface area (Å²) >= 11 is 8.36. The first-order valence-corrected chi connectivity index (χ1v) is 12.2. The molecule has 4 aromatic rings. The number of fused-ring (bicyclic) bond motifs is 1. The predicted octanol–water partition coefficient (Wildman–Crippen LogP) is 7.80. The zero-order chi connectivity index (χ0) is 22.8. The average Bonchev–Trinajstić information content (AvgIpc) is 3.27. The number of rotatable bonds is 6. The first-order valence-electron chi connectivity index (χ1n) is 10.9. The molecule has 0 aliphatic heterocycles. The number of carbonyl (C=O) groups is 1. The third-order valence-electron chi connectivity index (χ3n) is 6.10. The van der Waals surface area contributed by atoms with Crippen molar-refractivity contribution in [2.24, 2.45) is 5.92 Å². The molecule has 0 unspecified atom stereocenters. The normalized spacial score (nSPS) is 14.5. The fourth-order valence-corrected chi connectivity index (χ4v) is 5.21. The van der Waals surface area contributed by atoms with Crippen LogP contribution in [0.3, 0.4) is 0 Å². The number of aromatic nitrogens is 1. The van der Waals surface area contributed by atoms with E-state index in [0.717, 1.165) is 45.3 Å². The molecule has 1 fully saturated rings. The summed E-state index contributed by atoms with van der Waals surface area (Å²) in [4.78, 5) is 16.7. The van der Waals surface area contributed by atoms with Gasteiger partial charge >= 0.3 is 5.97 Å². The SMILES string of the molecule is C=CC(=O)Oc1ccccc1/C(=C(/c1ccccc1Cl)C1CCC1)c1ccc2scnc2c1. The number of benzene rings is 3. The van der Waals surface area contributed by atoms with Crippen LogP contribution < -0.4 is 4.74 Å². The maximum atomic E-state index is 12.1. The summed E-state index contributed by atoms with van der Waals surface area (Å²) < 4.78 is 6.81. The second kappa shape index (κ2) is 9.34. The molecule has 5 heteroatoms. The Bertz CT molecular complexity index is 1380. The average molecular weight is 472 g/mol. The third kappa shape index (κ3) is 4.24. The molecule has 0 bridgehead atoms. The Morgan fingerprint density at radius 1 is 1.06 bits per heavy atom. The first-order chi connectivity index (χ1) is 16.2. The van der Waals surface area contributed by atoms with Crippen LogP contribution in [-0.2, 0) is 4.79 Å². The first kappa shape index (κ1) is 21.6. The number of carbonyl (C=O) groups excluding carboxylic acids is 1. The van der Waals surface area contributed by atoms with Crippen LogP contribution in [0.15, 0.2) is 84.9 Å². The molecule has 0 radical (unpaired) electrons. The zero-order valence-corrected chi connectivity index (χ0v) is 19.5. The van der Waals surface area contributed by atoms with E-state index in [-0.39, 0.29) is 0 Å². The van der Waals surface area contributed by atoms with Gasteiger partial charge in [0, 0.05) is 16.7 Å². The molecule has 0 N–H and O–H groups in total. The summed E-state index contributed by atoms with van der Waals surface area (Å²) in [5.41, 5.74) is 7.91. The maximum absolute atomic E-state index is 12.1. The number of allylic oxidation sites excluding steroid dienone is 1. The van der Waals surface area contributed by atoms with Gasteiger partial charge in [0.2, 0.25) is 0 Å². The van der Waals surface area contributed by atoms with Gasteiger partial charge in [0.15, 0.2) is 0 Å². The topological polar surface area (TPSA) is 39.2 Å². The number of halogens is 1. The Morgan fingerprint density at radius 3 is 2.55 bits per heavy atom. The molecule has 1 saturated carbocycles. The molecule has 1 heterocycles. The number of nitrogens with zero attached hydrogens (tertiary/aromatic N) is 1. The summed E-state index contributed by atoms with van der Waals surface area (Å²) in [5.74, 6) is 0.383. The number of hydrogen-bond donors (Lipinski definition) is 0. The Labute approximate surface area is 202 Å². The Morgan fingerprint density at radius 2 is 1.82 bits per heavy atom. The van der Waals surface area contributed by atoms with Gasteiger partial charge < -0.3 is 4.74 Å². The van der Waals surface area contributed by atoms with E-state index in [1.807, 2.05) is 48.0 Å². The number of thiazole rings is 1. The molecule has 0 saturated heterocycles. The quantitative estimate of drug-likeness (QED) is 0.125. The van der Waals surface area contributed by atoms with E-state index in [1.165, 1.54) is 18.1 Å². The second-order valence-electron chi connectivity index (χ2n) is 8.05. The van der Waals surface area contributed by atoms with E-state index in [1.54, 1.807) is 11.3 Å². The van der Waals surface area contributed by atoms with Gasteiger partial charge in [-0.05, 0) is 65.3 Å². The summed E-state index contributed by atoms with van der Waals surface area (Å²) in [6.45, 7) is 3.55. The number of hydrogen-bond acceptors (Lipinski definition) is 4. The van der Waals surface area contributed by atoms with Gasteiger partial charge in [0.1, 0.15) is 5.75 Å². The van der Waals surface area contributed by atoms with Crippen LogP contribution in [0.1, 0.15) is 36.0 Å². The molecule has 1 aliphatic rings. The van der Waals surface area contributed by atoms with Crippen molar-refractivity contribution in [2.75, 3.05) is 0 Å². The van der Waals surface area contributed by atoms with Gasteiger partial charge in [-0.25, -0.2) is 9.78 Å². The Hall–Kier alpha value is -3.21. The molecule has 0 atom stereocenters. The van der Waals surface area contributed by atoms with Crippen LogP contribution in [0.5, 0.6) is 5.75 Å². The summed E-state index contributed by atoms with van der Waals surface area (Å²) in [7, 11) is 0. The highest BCUT2D eigenvalue weighted by Crippen LogP contribution is 2.48. The van der Waals surface area contributed by atoms with Crippen LogP contribution in [0, 0.1) is 5.92 Å². The zero-order valence-electron chi connectivity index (χ0n) is 18.0. The van der Waals surface area contributed by atoms with Crippen LogP contribution in [0.4, 0.5) is 0 Å². The van der Waals surface area contributed by atoms with Crippen LogP contribution >= 0.6 is 22.9 Å². The van der Waals surface area contributed by atoms with E-state index in [4.69, 9.17) is 16.3 Å². The molecule has 0 spiro atoms. The summed E-state index contributed by atoms with van der Waals surface area (Å²) in [5, 5.41) is 0.715. The second-order valence-corrected chi connectivity index (χ2v) is 9.35. The third-order valence-corrected chi connectivity index (χ3v) is 7.24. The van der Waals surface area contributed by atoms with Crippen molar-refractivity contribution in [1.82, 2.24) is 4.98 Å². The van der Waals surface area contributed by atoms with E-state index < -0.39 is 5.97 Å². The van der Waals surface area contributed by atoms with Crippen molar-refractivity contribution in [2.45, 2.75) is 19.3 Å². The van der Waals surface area contributed by atoms with Crippen molar-refractivity contribution < 1.29 is 9.53 Å². The minimum atomic E-state index is -0.486. The minimum absolute atomic E-state index is 0.370. The lowest BCUT2D eigenvalue weighted by Gasteiger charge is -2.32. The highest BCUT2D eigenvalue weighted by atomic mass is 35.5. The molecule has 33 heavy (non-hydrogen) atoms. The fourth-order valence-electron chi connectivity index (χ4n) is 4.32. The number of esters is 1. The van der Waals surface area contributed by atoms with E-state index in [9.17, 15) is 4.79 Å². The van der Waals surface area contributed by atoms with Gasteiger partial charge in [0.05, 0.1) is 15.7 Å². The molecular weight excluding hydrogens is 450 g/mol. The van der Waals surface area contributed by atoms with Crippen LogP contribution in [0.25, 0.3) is 21.4 Å². The lowest BCUT2D eigenvalue weighted by molar-refractivity contribution is -0.128. The molecular formula is C28H22ClNO2S. The van der Waals surface area contributed by atoms with Gasteiger partial charge in [-0.15, -0.1) is 11.3 Å². The number of para-hydroxylation sites is 1. The summed E-state index contributed by atoms with van der Waals surface area (Å²) in [6.07, 6.45) is 4.56.